The summed E-state index contributed by atoms with van der Waals surface area (Å²) >= 11 is 0. The van der Waals surface area contributed by atoms with Gasteiger partial charge in [0.2, 0.25) is 0 Å². The van der Waals surface area contributed by atoms with E-state index in [9.17, 15) is 31.1 Å². The highest BCUT2D eigenvalue weighted by molar-refractivity contribution is 7.97. The minimum atomic E-state index is -5.90. The predicted molar refractivity (Wildman–Crippen MR) is 117 cm³/mol. The lowest BCUT2D eigenvalue weighted by atomic mass is 9.97. The molecule has 0 amide bonds. The van der Waals surface area contributed by atoms with Gasteiger partial charge in [-0.15, -0.1) is 6.58 Å². The summed E-state index contributed by atoms with van der Waals surface area (Å²) in [6.07, 6.45) is -13.0. The van der Waals surface area contributed by atoms with E-state index in [0.717, 1.165) is 15.9 Å². The lowest BCUT2D eigenvalue weighted by Gasteiger charge is -2.35. The SMILES string of the molecule is C=CCC(OC(=O)c1cccc([S+](c2ccccc2)c2ccccc2)c1)(C(F)(F)F)C(F)(F)F. The summed E-state index contributed by atoms with van der Waals surface area (Å²) in [5.74, 6) is -1.73. The highest BCUT2D eigenvalue weighted by atomic mass is 32.2. The molecule has 0 atom stereocenters. The number of esters is 1. The van der Waals surface area contributed by atoms with Gasteiger partial charge in [0.25, 0.3) is 0 Å². The lowest BCUT2D eigenvalue weighted by molar-refractivity contribution is -0.363. The zero-order valence-electron chi connectivity index (χ0n) is 17.6. The third-order valence-corrected chi connectivity index (χ3v) is 7.09. The molecule has 0 aromatic heterocycles. The summed E-state index contributed by atoms with van der Waals surface area (Å²) in [4.78, 5) is 14.9. The smallest absolute Gasteiger partial charge is 0.435 e. The van der Waals surface area contributed by atoms with E-state index in [1.807, 2.05) is 60.7 Å². The Hall–Kier alpha value is -3.20. The van der Waals surface area contributed by atoms with Gasteiger partial charge in [0.05, 0.1) is 16.5 Å². The Balaban J connectivity index is 2.05. The van der Waals surface area contributed by atoms with Crippen LogP contribution >= 0.6 is 0 Å². The third-order valence-electron chi connectivity index (χ3n) is 4.88. The van der Waals surface area contributed by atoms with Crippen molar-refractivity contribution < 1.29 is 35.9 Å². The Labute approximate surface area is 195 Å². The van der Waals surface area contributed by atoms with Crippen LogP contribution in [-0.4, -0.2) is 23.9 Å². The second-order valence-electron chi connectivity index (χ2n) is 7.16. The number of benzene rings is 3. The van der Waals surface area contributed by atoms with Crippen molar-refractivity contribution in [3.8, 4) is 0 Å². The quantitative estimate of drug-likeness (QED) is 0.147. The molecular weight excluding hydrogens is 478 g/mol. The number of hydrogen-bond acceptors (Lipinski definition) is 2. The number of halogens is 6. The van der Waals surface area contributed by atoms with Gasteiger partial charge in [-0.25, -0.2) is 4.79 Å². The molecule has 178 valence electrons. The van der Waals surface area contributed by atoms with Crippen LogP contribution in [0.1, 0.15) is 16.8 Å². The van der Waals surface area contributed by atoms with Crippen LogP contribution in [-0.2, 0) is 15.6 Å². The highest BCUT2D eigenvalue weighted by Gasteiger charge is 2.73. The van der Waals surface area contributed by atoms with Gasteiger partial charge in [0.1, 0.15) is 0 Å². The molecule has 0 radical (unpaired) electrons. The van der Waals surface area contributed by atoms with Crippen LogP contribution in [0.3, 0.4) is 0 Å². The Morgan fingerprint density at radius 1 is 0.765 bits per heavy atom. The predicted octanol–water partition coefficient (Wildman–Crippen LogP) is 7.38. The molecule has 0 unspecified atom stereocenters. The van der Waals surface area contributed by atoms with E-state index < -0.39 is 46.8 Å². The Kier molecular flexibility index (Phi) is 7.45. The molecule has 0 aliphatic heterocycles. The fraction of sp³-hybridized carbons (Fsp3) is 0.160. The molecule has 9 heteroatoms. The summed E-state index contributed by atoms with van der Waals surface area (Å²) < 4.78 is 85.4. The van der Waals surface area contributed by atoms with Gasteiger partial charge >= 0.3 is 23.9 Å². The van der Waals surface area contributed by atoms with Gasteiger partial charge in [0.15, 0.2) is 14.7 Å². The topological polar surface area (TPSA) is 26.3 Å². The van der Waals surface area contributed by atoms with Gasteiger partial charge in [-0.05, 0) is 36.4 Å². The maximum absolute atomic E-state index is 13.5. The summed E-state index contributed by atoms with van der Waals surface area (Å²) in [5.41, 5.74) is -5.13. The van der Waals surface area contributed by atoms with E-state index in [2.05, 4.69) is 11.3 Å². The fourth-order valence-corrected chi connectivity index (χ4v) is 5.38. The van der Waals surface area contributed by atoms with Crippen LogP contribution in [0.5, 0.6) is 0 Å². The molecule has 0 fully saturated rings. The number of carbonyl (C=O) groups excluding carboxylic acids is 1. The molecule has 0 saturated heterocycles. The third kappa shape index (κ3) is 5.14. The first-order valence-electron chi connectivity index (χ1n) is 9.92. The van der Waals surface area contributed by atoms with Crippen molar-refractivity contribution in [2.24, 2.45) is 0 Å². The van der Waals surface area contributed by atoms with Crippen molar-refractivity contribution in [1.29, 1.82) is 0 Å². The normalized spacial score (nSPS) is 12.4. The van der Waals surface area contributed by atoms with Crippen LogP contribution in [0.25, 0.3) is 0 Å². The maximum atomic E-state index is 13.5. The molecule has 3 aromatic rings. The highest BCUT2D eigenvalue weighted by Crippen LogP contribution is 2.48. The summed E-state index contributed by atoms with van der Waals surface area (Å²) in [6, 6.07) is 23.7. The van der Waals surface area contributed by atoms with Gasteiger partial charge in [0, 0.05) is 12.5 Å². The first kappa shape index (κ1) is 25.4. The molecule has 0 N–H and O–H groups in total. The molecule has 0 heterocycles. The van der Waals surface area contributed by atoms with Crippen molar-refractivity contribution >= 4 is 16.9 Å². The van der Waals surface area contributed by atoms with Crippen LogP contribution in [0.2, 0.25) is 0 Å². The van der Waals surface area contributed by atoms with Crippen LogP contribution in [0, 0.1) is 0 Å². The number of rotatable bonds is 7. The molecule has 0 aliphatic rings. The van der Waals surface area contributed by atoms with Gasteiger partial charge < -0.3 is 4.74 Å². The van der Waals surface area contributed by atoms with Crippen molar-refractivity contribution in [2.45, 2.75) is 39.1 Å². The Morgan fingerprint density at radius 2 is 1.24 bits per heavy atom. The van der Waals surface area contributed by atoms with E-state index in [-0.39, 0.29) is 0 Å². The van der Waals surface area contributed by atoms with Crippen molar-refractivity contribution in [3.05, 3.63) is 103 Å². The first-order valence-corrected chi connectivity index (χ1v) is 11.1. The van der Waals surface area contributed by atoms with Crippen molar-refractivity contribution in [3.63, 3.8) is 0 Å². The summed E-state index contributed by atoms with van der Waals surface area (Å²) in [6.45, 7) is 2.97. The average molecular weight is 497 g/mol. The lowest BCUT2D eigenvalue weighted by Crippen LogP contribution is -2.59. The maximum Gasteiger partial charge on any atom is 0.437 e. The molecule has 0 aliphatic carbocycles. The average Bonchev–Trinajstić information content (AvgIpc) is 2.79. The van der Waals surface area contributed by atoms with Gasteiger partial charge in [-0.2, -0.15) is 26.3 Å². The number of ether oxygens (including phenoxy) is 1. The molecular formula is C25H19F6O2S+. The van der Waals surface area contributed by atoms with E-state index >= 15 is 0 Å². The molecule has 0 saturated carbocycles. The Bertz CT molecular complexity index is 1070. The largest absolute Gasteiger partial charge is 0.437 e. The molecule has 0 bridgehead atoms. The molecule has 3 rings (SSSR count). The van der Waals surface area contributed by atoms with Crippen molar-refractivity contribution in [2.75, 3.05) is 0 Å². The van der Waals surface area contributed by atoms with E-state index in [0.29, 0.717) is 11.0 Å². The zero-order chi connectivity index (χ0) is 25.0. The van der Waals surface area contributed by atoms with E-state index in [4.69, 9.17) is 0 Å². The number of hydrogen-bond donors (Lipinski definition) is 0. The van der Waals surface area contributed by atoms with Gasteiger partial charge in [-0.3, -0.25) is 0 Å². The molecule has 3 aromatic carbocycles. The first-order chi connectivity index (χ1) is 16.0. The second-order valence-corrected chi connectivity index (χ2v) is 9.19. The molecule has 0 spiro atoms. The zero-order valence-corrected chi connectivity index (χ0v) is 18.4. The molecule has 34 heavy (non-hydrogen) atoms. The van der Waals surface area contributed by atoms with Crippen LogP contribution in [0.15, 0.2) is 112 Å². The number of alkyl halides is 6. The second kappa shape index (κ2) is 9.97. The molecule has 2 nitrogen and oxygen atoms in total. The summed E-state index contributed by atoms with van der Waals surface area (Å²) in [7, 11) is -0.771. The Morgan fingerprint density at radius 3 is 1.68 bits per heavy atom. The van der Waals surface area contributed by atoms with Crippen LogP contribution < -0.4 is 0 Å². The van der Waals surface area contributed by atoms with Crippen molar-refractivity contribution in [1.82, 2.24) is 0 Å². The van der Waals surface area contributed by atoms with E-state index in [1.165, 1.54) is 12.1 Å². The fourth-order valence-electron chi connectivity index (χ4n) is 3.24. The van der Waals surface area contributed by atoms with E-state index in [1.54, 1.807) is 6.07 Å². The minimum Gasteiger partial charge on any atom is -0.435 e. The minimum absolute atomic E-state index is 0.424. The number of carbonyl (C=O) groups is 1. The monoisotopic (exact) mass is 497 g/mol. The van der Waals surface area contributed by atoms with Gasteiger partial charge in [-0.1, -0.05) is 48.5 Å². The summed E-state index contributed by atoms with van der Waals surface area (Å²) in [5, 5.41) is 0. The standard InChI is InChI=1S/C25H19F6O2S/c1-2-16-23(24(26,27)28,25(29,30)31)33-22(32)18-10-9-15-21(17-18)34(19-11-5-3-6-12-19)20-13-7-4-8-14-20/h2-15,17H,1,16H2/q+1. The van der Waals surface area contributed by atoms with Crippen LogP contribution in [0.4, 0.5) is 26.3 Å².